The molecule has 1 aliphatic rings. The van der Waals surface area contributed by atoms with Gasteiger partial charge >= 0.3 is 6.18 Å². The number of likely N-dealkylation sites (tertiary alicyclic amines) is 1. The van der Waals surface area contributed by atoms with Gasteiger partial charge in [-0.2, -0.15) is 13.2 Å². The minimum atomic E-state index is -4.17. The molecule has 0 spiro atoms. The fourth-order valence-electron chi connectivity index (χ4n) is 2.08. The van der Waals surface area contributed by atoms with Crippen molar-refractivity contribution in [3.63, 3.8) is 0 Å². The van der Waals surface area contributed by atoms with Crippen molar-refractivity contribution in [2.24, 2.45) is 5.92 Å². The molecular weight excluding hydrogens is 293 g/mol. The standard InChI is InChI=1S/C11H15F3N4OS/c1-2-15-10-17-16-8(20-10)9(19)18-5-3-7(4-6-18)11(12,13)14/h7H,2-6H2,1H3,(H,15,17). The van der Waals surface area contributed by atoms with Crippen molar-refractivity contribution in [3.8, 4) is 0 Å². The first-order valence-corrected chi connectivity index (χ1v) is 7.16. The summed E-state index contributed by atoms with van der Waals surface area (Å²) in [5.41, 5.74) is 0. The number of carbonyl (C=O) groups is 1. The second-order valence-corrected chi connectivity index (χ2v) is 5.53. The van der Waals surface area contributed by atoms with Gasteiger partial charge in [-0.25, -0.2) is 0 Å². The second kappa shape index (κ2) is 5.94. The van der Waals surface area contributed by atoms with Crippen LogP contribution in [0.3, 0.4) is 0 Å². The zero-order valence-electron chi connectivity index (χ0n) is 10.9. The number of amides is 1. The van der Waals surface area contributed by atoms with E-state index in [0.29, 0.717) is 11.7 Å². The van der Waals surface area contributed by atoms with Crippen LogP contribution in [-0.2, 0) is 0 Å². The van der Waals surface area contributed by atoms with Gasteiger partial charge in [0, 0.05) is 19.6 Å². The van der Waals surface area contributed by atoms with E-state index in [9.17, 15) is 18.0 Å². The van der Waals surface area contributed by atoms with Gasteiger partial charge in [-0.15, -0.1) is 10.2 Å². The fraction of sp³-hybridized carbons (Fsp3) is 0.727. The number of hydrogen-bond acceptors (Lipinski definition) is 5. The largest absolute Gasteiger partial charge is 0.391 e. The Bertz CT molecular complexity index is 468. The van der Waals surface area contributed by atoms with Crippen LogP contribution in [0, 0.1) is 5.92 Å². The Kier molecular flexibility index (Phi) is 4.46. The Hall–Kier alpha value is -1.38. The molecule has 0 saturated carbocycles. The Labute approximate surface area is 118 Å². The molecule has 0 atom stereocenters. The zero-order chi connectivity index (χ0) is 14.8. The van der Waals surface area contributed by atoms with Gasteiger partial charge < -0.3 is 10.2 Å². The van der Waals surface area contributed by atoms with Crippen molar-refractivity contribution >= 4 is 22.4 Å². The summed E-state index contributed by atoms with van der Waals surface area (Å²) in [6.45, 7) is 2.78. The lowest BCUT2D eigenvalue weighted by Gasteiger charge is -2.32. The van der Waals surface area contributed by atoms with E-state index in [-0.39, 0.29) is 36.8 Å². The number of anilines is 1. The first-order valence-electron chi connectivity index (χ1n) is 6.35. The zero-order valence-corrected chi connectivity index (χ0v) is 11.7. The van der Waals surface area contributed by atoms with Crippen molar-refractivity contribution < 1.29 is 18.0 Å². The average molecular weight is 308 g/mol. The number of rotatable bonds is 3. The molecule has 0 bridgehead atoms. The minimum absolute atomic E-state index is 0.0475. The molecule has 9 heteroatoms. The van der Waals surface area contributed by atoms with Gasteiger partial charge in [0.2, 0.25) is 10.1 Å². The Balaban J connectivity index is 1.94. The van der Waals surface area contributed by atoms with E-state index in [1.54, 1.807) is 0 Å². The molecular formula is C11H15F3N4OS. The summed E-state index contributed by atoms with van der Waals surface area (Å²) in [5.74, 6) is -1.65. The van der Waals surface area contributed by atoms with Gasteiger partial charge in [0.25, 0.3) is 5.91 Å². The van der Waals surface area contributed by atoms with Crippen LogP contribution in [0.25, 0.3) is 0 Å². The first-order chi connectivity index (χ1) is 9.41. The van der Waals surface area contributed by atoms with Crippen LogP contribution in [-0.4, -0.2) is 46.8 Å². The van der Waals surface area contributed by atoms with Crippen molar-refractivity contribution in [3.05, 3.63) is 5.01 Å². The highest BCUT2D eigenvalue weighted by Crippen LogP contribution is 2.34. The van der Waals surface area contributed by atoms with Crippen molar-refractivity contribution in [1.82, 2.24) is 15.1 Å². The lowest BCUT2D eigenvalue weighted by atomic mass is 9.96. The van der Waals surface area contributed by atoms with Crippen LogP contribution in [0.2, 0.25) is 0 Å². The summed E-state index contributed by atoms with van der Waals surface area (Å²) in [7, 11) is 0. The molecule has 5 nitrogen and oxygen atoms in total. The van der Waals surface area contributed by atoms with Gasteiger partial charge in [-0.1, -0.05) is 11.3 Å². The summed E-state index contributed by atoms with van der Waals surface area (Å²) in [4.78, 5) is 13.5. The minimum Gasteiger partial charge on any atom is -0.360 e. The quantitative estimate of drug-likeness (QED) is 0.931. The Morgan fingerprint density at radius 3 is 2.60 bits per heavy atom. The molecule has 1 saturated heterocycles. The van der Waals surface area contributed by atoms with Gasteiger partial charge in [-0.3, -0.25) is 4.79 Å². The maximum atomic E-state index is 12.5. The lowest BCUT2D eigenvalue weighted by molar-refractivity contribution is -0.183. The molecule has 20 heavy (non-hydrogen) atoms. The topological polar surface area (TPSA) is 58.1 Å². The van der Waals surface area contributed by atoms with Crippen LogP contribution in [0.15, 0.2) is 0 Å². The van der Waals surface area contributed by atoms with Crippen LogP contribution >= 0.6 is 11.3 Å². The van der Waals surface area contributed by atoms with Gasteiger partial charge in [-0.05, 0) is 19.8 Å². The number of aromatic nitrogens is 2. The van der Waals surface area contributed by atoms with Crippen molar-refractivity contribution in [2.45, 2.75) is 25.9 Å². The van der Waals surface area contributed by atoms with E-state index in [0.717, 1.165) is 11.3 Å². The fourth-order valence-corrected chi connectivity index (χ4v) is 2.86. The third-order valence-electron chi connectivity index (χ3n) is 3.18. The number of piperidine rings is 1. The molecule has 1 N–H and O–H groups in total. The molecule has 1 fully saturated rings. The summed E-state index contributed by atoms with van der Waals surface area (Å²) in [6, 6.07) is 0. The predicted octanol–water partition coefficient (Wildman–Crippen LogP) is 2.38. The van der Waals surface area contributed by atoms with E-state index < -0.39 is 12.1 Å². The SMILES string of the molecule is CCNc1nnc(C(=O)N2CCC(C(F)(F)F)CC2)s1. The van der Waals surface area contributed by atoms with Crippen LogP contribution in [0.4, 0.5) is 18.3 Å². The summed E-state index contributed by atoms with van der Waals surface area (Å²) in [5, 5.41) is 11.3. The highest BCUT2D eigenvalue weighted by molar-refractivity contribution is 7.17. The molecule has 0 unspecified atom stereocenters. The number of nitrogens with one attached hydrogen (secondary N) is 1. The first kappa shape index (κ1) is 15.0. The van der Waals surface area contributed by atoms with Crippen molar-refractivity contribution in [2.75, 3.05) is 25.0 Å². The number of carbonyl (C=O) groups excluding carboxylic acids is 1. The summed E-state index contributed by atoms with van der Waals surface area (Å²) >= 11 is 1.12. The monoisotopic (exact) mass is 308 g/mol. The summed E-state index contributed by atoms with van der Waals surface area (Å²) < 4.78 is 37.6. The van der Waals surface area contributed by atoms with Gasteiger partial charge in [0.05, 0.1) is 5.92 Å². The third-order valence-corrected chi connectivity index (χ3v) is 4.05. The van der Waals surface area contributed by atoms with E-state index >= 15 is 0 Å². The van der Waals surface area contributed by atoms with Gasteiger partial charge in [0.15, 0.2) is 0 Å². The number of nitrogens with zero attached hydrogens (tertiary/aromatic N) is 3. The molecule has 1 aromatic rings. The highest BCUT2D eigenvalue weighted by atomic mass is 32.1. The predicted molar refractivity (Wildman–Crippen MR) is 68.8 cm³/mol. The molecule has 1 amide bonds. The Morgan fingerprint density at radius 2 is 2.05 bits per heavy atom. The smallest absolute Gasteiger partial charge is 0.360 e. The second-order valence-electron chi connectivity index (χ2n) is 4.55. The van der Waals surface area contributed by atoms with E-state index in [1.165, 1.54) is 4.90 Å². The molecule has 2 rings (SSSR count). The number of hydrogen-bond donors (Lipinski definition) is 1. The average Bonchev–Trinajstić information content (AvgIpc) is 2.86. The van der Waals surface area contributed by atoms with Gasteiger partial charge in [0.1, 0.15) is 0 Å². The molecule has 1 aliphatic heterocycles. The molecule has 0 aromatic carbocycles. The number of halogens is 3. The summed E-state index contributed by atoms with van der Waals surface area (Å²) in [6.07, 6.45) is -4.27. The van der Waals surface area contributed by atoms with Crippen LogP contribution in [0.1, 0.15) is 29.6 Å². The molecule has 0 aliphatic carbocycles. The molecule has 112 valence electrons. The normalized spacial score (nSPS) is 17.3. The maximum absolute atomic E-state index is 12.5. The lowest BCUT2D eigenvalue weighted by Crippen LogP contribution is -2.42. The third kappa shape index (κ3) is 3.38. The highest BCUT2D eigenvalue weighted by Gasteiger charge is 2.42. The van der Waals surface area contributed by atoms with E-state index in [4.69, 9.17) is 0 Å². The van der Waals surface area contributed by atoms with Crippen molar-refractivity contribution in [1.29, 1.82) is 0 Å². The molecule has 2 heterocycles. The Morgan fingerprint density at radius 1 is 1.40 bits per heavy atom. The van der Waals surface area contributed by atoms with E-state index in [1.807, 2.05) is 6.92 Å². The maximum Gasteiger partial charge on any atom is 0.391 e. The van der Waals surface area contributed by atoms with Crippen LogP contribution < -0.4 is 5.32 Å². The van der Waals surface area contributed by atoms with E-state index in [2.05, 4.69) is 15.5 Å². The number of alkyl halides is 3. The molecule has 1 aromatic heterocycles. The van der Waals surface area contributed by atoms with Crippen LogP contribution in [0.5, 0.6) is 0 Å². The molecule has 0 radical (unpaired) electrons.